The number of halogens is 1. The maximum absolute atomic E-state index is 13.4. The molecule has 1 aliphatic heterocycles. The first kappa shape index (κ1) is 27.3. The SMILES string of the molecule is C#Cc1ccccc1S(=O)(=O)NC(=NCCS(N)(=O)=O)N1C[C@H](c2ccccc2)C(c2ccc(Cl)cc2)=N1. The van der Waals surface area contributed by atoms with E-state index in [4.69, 9.17) is 28.3 Å². The van der Waals surface area contributed by atoms with Gasteiger partial charge in [-0.05, 0) is 35.4 Å². The molecular weight excluding hydrogens is 546 g/mol. The largest absolute Gasteiger partial charge is 0.265 e. The van der Waals surface area contributed by atoms with Crippen molar-refractivity contribution in [2.24, 2.45) is 15.2 Å². The molecule has 0 radical (unpaired) electrons. The quantitative estimate of drug-likeness (QED) is 0.256. The van der Waals surface area contributed by atoms with Gasteiger partial charge in [0.1, 0.15) is 4.90 Å². The third kappa shape index (κ3) is 6.59. The van der Waals surface area contributed by atoms with Gasteiger partial charge in [-0.3, -0.25) is 0 Å². The fraction of sp³-hybridized carbons (Fsp3) is 0.154. The summed E-state index contributed by atoms with van der Waals surface area (Å²) in [6, 6.07) is 22.8. The summed E-state index contributed by atoms with van der Waals surface area (Å²) in [5, 5.41) is 11.8. The molecule has 0 aliphatic carbocycles. The number of hydrazone groups is 1. The molecule has 0 amide bonds. The minimum absolute atomic E-state index is 0.123. The smallest absolute Gasteiger partial charge is 0.250 e. The zero-order chi connectivity index (χ0) is 27.3. The normalized spacial score (nSPS) is 16.1. The lowest BCUT2D eigenvalue weighted by Crippen LogP contribution is -2.42. The number of nitrogens with one attached hydrogen (secondary N) is 1. The second kappa shape index (κ2) is 11.4. The Hall–Kier alpha value is -3.69. The van der Waals surface area contributed by atoms with Gasteiger partial charge in [-0.2, -0.15) is 5.10 Å². The summed E-state index contributed by atoms with van der Waals surface area (Å²) in [6.07, 6.45) is 5.51. The van der Waals surface area contributed by atoms with Crippen LogP contribution in [-0.2, 0) is 20.0 Å². The van der Waals surface area contributed by atoms with Crippen LogP contribution in [-0.4, -0.2) is 52.4 Å². The van der Waals surface area contributed by atoms with Gasteiger partial charge in [0, 0.05) is 16.5 Å². The van der Waals surface area contributed by atoms with Crippen LogP contribution in [0, 0.1) is 12.3 Å². The minimum atomic E-state index is -4.21. The average Bonchev–Trinajstić information content (AvgIpc) is 3.34. The van der Waals surface area contributed by atoms with Gasteiger partial charge in [-0.25, -0.2) is 36.7 Å². The number of benzene rings is 3. The monoisotopic (exact) mass is 569 g/mol. The van der Waals surface area contributed by atoms with E-state index in [9.17, 15) is 16.8 Å². The molecule has 0 unspecified atom stereocenters. The lowest BCUT2D eigenvalue weighted by atomic mass is 9.91. The van der Waals surface area contributed by atoms with Gasteiger partial charge < -0.3 is 0 Å². The fourth-order valence-electron chi connectivity index (χ4n) is 3.90. The Bertz CT molecular complexity index is 1630. The van der Waals surface area contributed by atoms with Gasteiger partial charge in [0.05, 0.1) is 24.6 Å². The molecule has 0 aromatic heterocycles. The van der Waals surface area contributed by atoms with Crippen LogP contribution in [0.5, 0.6) is 0 Å². The molecule has 1 atom stereocenters. The Balaban J connectivity index is 1.76. The lowest BCUT2D eigenvalue weighted by molar-refractivity contribution is 0.461. The molecule has 3 N–H and O–H groups in total. The molecule has 196 valence electrons. The van der Waals surface area contributed by atoms with Crippen LogP contribution >= 0.6 is 11.6 Å². The van der Waals surface area contributed by atoms with Crippen LogP contribution < -0.4 is 9.86 Å². The summed E-state index contributed by atoms with van der Waals surface area (Å²) in [5.41, 5.74) is 2.57. The summed E-state index contributed by atoms with van der Waals surface area (Å²) < 4.78 is 52.2. The van der Waals surface area contributed by atoms with Gasteiger partial charge in [0.2, 0.25) is 16.0 Å². The van der Waals surface area contributed by atoms with E-state index < -0.39 is 25.8 Å². The van der Waals surface area contributed by atoms with E-state index in [1.54, 1.807) is 24.3 Å². The number of primary sulfonamides is 1. The average molecular weight is 570 g/mol. The molecule has 0 saturated heterocycles. The lowest BCUT2D eigenvalue weighted by Gasteiger charge is -2.20. The molecule has 9 nitrogen and oxygen atoms in total. The van der Waals surface area contributed by atoms with Crippen molar-refractivity contribution in [3.05, 3.63) is 101 Å². The zero-order valence-corrected chi connectivity index (χ0v) is 22.4. The van der Waals surface area contributed by atoms with Crippen molar-refractivity contribution in [1.82, 2.24) is 9.73 Å². The molecule has 0 spiro atoms. The molecule has 12 heteroatoms. The standard InChI is InChI=1S/C26H24ClN5O4S2/c1-2-19-8-6-7-11-24(19)38(35,36)31-26(29-16-17-37(28,33)34)32-18-23(20-9-4-3-5-10-20)25(30-32)21-12-14-22(27)15-13-21/h1,3-15,23H,16-18H2,(H,29,31)(H2,28,33,34)/t23-/m1/s1. The Kier molecular flexibility index (Phi) is 8.18. The number of sulfonamides is 2. The fourth-order valence-corrected chi connectivity index (χ4v) is 5.57. The molecule has 3 aromatic rings. The van der Waals surface area contributed by atoms with E-state index in [1.165, 1.54) is 17.1 Å². The maximum atomic E-state index is 13.4. The second-order valence-electron chi connectivity index (χ2n) is 8.36. The van der Waals surface area contributed by atoms with Crippen molar-refractivity contribution >= 4 is 43.3 Å². The molecule has 3 aromatic carbocycles. The van der Waals surface area contributed by atoms with E-state index >= 15 is 0 Å². The highest BCUT2D eigenvalue weighted by molar-refractivity contribution is 7.90. The van der Waals surface area contributed by atoms with Gasteiger partial charge in [0.15, 0.2) is 0 Å². The van der Waals surface area contributed by atoms with E-state index in [0.29, 0.717) is 10.7 Å². The van der Waals surface area contributed by atoms with Crippen molar-refractivity contribution < 1.29 is 16.8 Å². The summed E-state index contributed by atoms with van der Waals surface area (Å²) in [6.45, 7) is -0.0543. The number of aliphatic imine (C=N–C) groups is 1. The van der Waals surface area contributed by atoms with Crippen LogP contribution in [0.3, 0.4) is 0 Å². The number of guanidine groups is 1. The predicted octanol–water partition coefficient (Wildman–Crippen LogP) is 2.75. The number of hydrogen-bond donors (Lipinski definition) is 2. The highest BCUT2D eigenvalue weighted by atomic mass is 35.5. The number of terminal acetylenes is 1. The predicted molar refractivity (Wildman–Crippen MR) is 149 cm³/mol. The van der Waals surface area contributed by atoms with Crippen LogP contribution in [0.15, 0.2) is 93.9 Å². The van der Waals surface area contributed by atoms with Crippen LogP contribution in [0.25, 0.3) is 0 Å². The molecule has 1 heterocycles. The third-order valence-corrected chi connectivity index (χ3v) is 8.09. The maximum Gasteiger partial charge on any atom is 0.265 e. The van der Waals surface area contributed by atoms with Gasteiger partial charge in [0.25, 0.3) is 10.0 Å². The Morgan fingerprint density at radius 2 is 1.71 bits per heavy atom. The number of rotatable bonds is 7. The van der Waals surface area contributed by atoms with Crippen molar-refractivity contribution in [1.29, 1.82) is 0 Å². The van der Waals surface area contributed by atoms with Crippen LogP contribution in [0.4, 0.5) is 0 Å². The topological polar surface area (TPSA) is 134 Å². The van der Waals surface area contributed by atoms with E-state index in [-0.39, 0.29) is 35.4 Å². The summed E-state index contributed by atoms with van der Waals surface area (Å²) in [5.74, 6) is 1.47. The first-order chi connectivity index (χ1) is 18.1. The summed E-state index contributed by atoms with van der Waals surface area (Å²) in [7, 11) is -8.05. The van der Waals surface area contributed by atoms with Gasteiger partial charge in [-0.1, -0.05) is 72.1 Å². The molecule has 1 aliphatic rings. The number of nitrogens with two attached hydrogens (primary N) is 1. The molecule has 0 saturated carbocycles. The summed E-state index contributed by atoms with van der Waals surface area (Å²) >= 11 is 6.08. The molecule has 4 rings (SSSR count). The number of hydrogen-bond acceptors (Lipinski definition) is 6. The van der Waals surface area contributed by atoms with Crippen LogP contribution in [0.2, 0.25) is 5.02 Å². The molecule has 38 heavy (non-hydrogen) atoms. The van der Waals surface area contributed by atoms with Crippen molar-refractivity contribution in [3.8, 4) is 12.3 Å². The second-order valence-corrected chi connectivity index (χ2v) is 12.2. The molecular formula is C26H24ClN5O4S2. The molecule has 0 fully saturated rings. The van der Waals surface area contributed by atoms with E-state index in [1.807, 2.05) is 42.5 Å². The van der Waals surface area contributed by atoms with Crippen molar-refractivity contribution in [3.63, 3.8) is 0 Å². The number of nitrogens with zero attached hydrogens (tertiary/aromatic N) is 3. The minimum Gasteiger partial charge on any atom is -0.250 e. The van der Waals surface area contributed by atoms with Gasteiger partial charge >= 0.3 is 0 Å². The Morgan fingerprint density at radius 1 is 1.05 bits per heavy atom. The van der Waals surface area contributed by atoms with Crippen LogP contribution in [0.1, 0.15) is 22.6 Å². The molecule has 0 bridgehead atoms. The zero-order valence-electron chi connectivity index (χ0n) is 20.0. The summed E-state index contributed by atoms with van der Waals surface area (Å²) in [4.78, 5) is 4.12. The van der Waals surface area contributed by atoms with Crippen molar-refractivity contribution in [2.45, 2.75) is 10.8 Å². The van der Waals surface area contributed by atoms with Crippen molar-refractivity contribution in [2.75, 3.05) is 18.8 Å². The van der Waals surface area contributed by atoms with Gasteiger partial charge in [-0.15, -0.1) is 6.42 Å². The highest BCUT2D eigenvalue weighted by Gasteiger charge is 2.33. The third-order valence-electron chi connectivity index (χ3n) is 5.70. The first-order valence-electron chi connectivity index (χ1n) is 11.4. The Labute approximate surface area is 227 Å². The van der Waals surface area contributed by atoms with E-state index in [2.05, 4.69) is 15.6 Å². The van der Waals surface area contributed by atoms with E-state index in [0.717, 1.165) is 11.1 Å². The highest BCUT2D eigenvalue weighted by Crippen LogP contribution is 2.29. The Morgan fingerprint density at radius 3 is 2.37 bits per heavy atom. The first-order valence-corrected chi connectivity index (χ1v) is 15.0.